The summed E-state index contributed by atoms with van der Waals surface area (Å²) in [5, 5.41) is 6.26. The number of amides is 1. The van der Waals surface area contributed by atoms with Crippen LogP contribution in [0.2, 0.25) is 0 Å². The van der Waals surface area contributed by atoms with Gasteiger partial charge in [-0.15, -0.1) is 24.2 Å². The van der Waals surface area contributed by atoms with Gasteiger partial charge >= 0.3 is 0 Å². The van der Waals surface area contributed by atoms with Gasteiger partial charge in [-0.3, -0.25) is 4.79 Å². The van der Waals surface area contributed by atoms with E-state index in [1.807, 2.05) is 31.2 Å². The Morgan fingerprint density at radius 2 is 2.16 bits per heavy atom. The smallest absolute Gasteiger partial charge is 0.233 e. The molecule has 106 valence electrons. The molecule has 0 saturated carbocycles. The van der Waals surface area contributed by atoms with Crippen molar-refractivity contribution in [3.8, 4) is 0 Å². The van der Waals surface area contributed by atoms with E-state index in [1.54, 1.807) is 11.8 Å². The van der Waals surface area contributed by atoms with Gasteiger partial charge in [0.2, 0.25) is 5.91 Å². The fourth-order valence-corrected chi connectivity index (χ4v) is 3.01. The molecule has 3 nitrogen and oxygen atoms in total. The van der Waals surface area contributed by atoms with E-state index >= 15 is 0 Å². The van der Waals surface area contributed by atoms with Gasteiger partial charge in [-0.25, -0.2) is 0 Å². The molecule has 6 heteroatoms. The van der Waals surface area contributed by atoms with Crippen molar-refractivity contribution in [3.05, 3.63) is 28.7 Å². The highest BCUT2D eigenvalue weighted by Crippen LogP contribution is 2.25. The molecule has 0 aliphatic carbocycles. The lowest BCUT2D eigenvalue weighted by molar-refractivity contribution is -0.120. The van der Waals surface area contributed by atoms with Crippen molar-refractivity contribution in [2.75, 3.05) is 13.1 Å². The molecule has 1 aliphatic rings. The van der Waals surface area contributed by atoms with Crippen molar-refractivity contribution in [2.45, 2.75) is 29.5 Å². The van der Waals surface area contributed by atoms with Crippen LogP contribution in [0.25, 0.3) is 0 Å². The van der Waals surface area contributed by atoms with E-state index in [1.165, 1.54) is 0 Å². The molecule has 0 spiro atoms. The highest BCUT2D eigenvalue weighted by Gasteiger charge is 2.20. The second kappa shape index (κ2) is 8.15. The summed E-state index contributed by atoms with van der Waals surface area (Å²) in [6.45, 7) is 3.84. The van der Waals surface area contributed by atoms with Gasteiger partial charge in [-0.1, -0.05) is 15.9 Å². The molecule has 2 atom stereocenters. The third kappa shape index (κ3) is 5.34. The quantitative estimate of drug-likeness (QED) is 0.806. The Morgan fingerprint density at radius 3 is 2.74 bits per heavy atom. The molecular formula is C13H18BrClN2OS. The van der Waals surface area contributed by atoms with Gasteiger partial charge in [-0.2, -0.15) is 0 Å². The predicted octanol–water partition coefficient (Wildman–Crippen LogP) is 2.83. The summed E-state index contributed by atoms with van der Waals surface area (Å²) in [6.07, 6.45) is 1.03. The molecule has 1 fully saturated rings. The number of hydrogen-bond acceptors (Lipinski definition) is 3. The number of hydrogen-bond donors (Lipinski definition) is 2. The largest absolute Gasteiger partial charge is 0.351 e. The molecule has 0 aromatic heterocycles. The normalized spacial score (nSPS) is 19.6. The van der Waals surface area contributed by atoms with Crippen LogP contribution in [0, 0.1) is 0 Å². The highest BCUT2D eigenvalue weighted by molar-refractivity contribution is 9.10. The van der Waals surface area contributed by atoms with E-state index in [4.69, 9.17) is 0 Å². The van der Waals surface area contributed by atoms with E-state index in [0.29, 0.717) is 6.04 Å². The van der Waals surface area contributed by atoms with Crippen LogP contribution in [0.5, 0.6) is 0 Å². The first-order chi connectivity index (χ1) is 8.65. The topological polar surface area (TPSA) is 41.1 Å². The maximum atomic E-state index is 12.0. The lowest BCUT2D eigenvalue weighted by Gasteiger charge is -2.15. The molecule has 2 unspecified atom stereocenters. The Kier molecular flexibility index (Phi) is 7.21. The molecule has 1 aromatic rings. The van der Waals surface area contributed by atoms with Crippen LogP contribution in [-0.4, -0.2) is 30.3 Å². The summed E-state index contributed by atoms with van der Waals surface area (Å²) in [4.78, 5) is 13.1. The fraction of sp³-hybridized carbons (Fsp3) is 0.462. The van der Waals surface area contributed by atoms with Gasteiger partial charge in [0.05, 0.1) is 5.25 Å². The minimum Gasteiger partial charge on any atom is -0.351 e. The number of carbonyl (C=O) groups is 1. The third-order valence-corrected chi connectivity index (χ3v) is 4.54. The van der Waals surface area contributed by atoms with Crippen LogP contribution in [0.15, 0.2) is 33.6 Å². The van der Waals surface area contributed by atoms with Gasteiger partial charge in [-0.05, 0) is 44.2 Å². The van der Waals surface area contributed by atoms with Crippen LogP contribution in [0.1, 0.15) is 13.3 Å². The Hall–Kier alpha value is -0.230. The predicted molar refractivity (Wildman–Crippen MR) is 86.1 cm³/mol. The third-order valence-electron chi connectivity index (χ3n) is 2.90. The number of nitrogens with one attached hydrogen (secondary N) is 2. The van der Waals surface area contributed by atoms with E-state index in [0.717, 1.165) is 28.9 Å². The van der Waals surface area contributed by atoms with E-state index < -0.39 is 0 Å². The molecule has 2 N–H and O–H groups in total. The van der Waals surface area contributed by atoms with E-state index in [-0.39, 0.29) is 23.6 Å². The Bertz CT molecular complexity index is 410. The first-order valence-electron chi connectivity index (χ1n) is 6.08. The first-order valence-corrected chi connectivity index (χ1v) is 7.76. The number of benzene rings is 1. The standard InChI is InChI=1S/C13H17BrN2OS.ClH/c1-9(13(17)16-11-6-7-15-8-11)18-12-4-2-10(14)3-5-12;/h2-5,9,11,15H,6-8H2,1H3,(H,16,17);1H. The van der Waals surface area contributed by atoms with E-state index in [9.17, 15) is 4.79 Å². The second-order valence-electron chi connectivity index (χ2n) is 4.41. The average molecular weight is 366 g/mol. The highest BCUT2D eigenvalue weighted by atomic mass is 79.9. The molecule has 0 bridgehead atoms. The van der Waals surface area contributed by atoms with Crippen molar-refractivity contribution < 1.29 is 4.79 Å². The van der Waals surface area contributed by atoms with Crippen molar-refractivity contribution >= 4 is 46.0 Å². The summed E-state index contributed by atoms with van der Waals surface area (Å²) in [5.41, 5.74) is 0. The summed E-state index contributed by atoms with van der Waals surface area (Å²) >= 11 is 4.99. The monoisotopic (exact) mass is 364 g/mol. The van der Waals surface area contributed by atoms with Crippen molar-refractivity contribution in [3.63, 3.8) is 0 Å². The summed E-state index contributed by atoms with van der Waals surface area (Å²) in [7, 11) is 0. The molecule has 1 amide bonds. The Morgan fingerprint density at radius 1 is 1.47 bits per heavy atom. The molecule has 19 heavy (non-hydrogen) atoms. The number of halogens is 2. The minimum absolute atomic E-state index is 0. The van der Waals surface area contributed by atoms with Crippen LogP contribution < -0.4 is 10.6 Å². The zero-order valence-corrected chi connectivity index (χ0v) is 13.9. The van der Waals surface area contributed by atoms with E-state index in [2.05, 4.69) is 26.6 Å². The average Bonchev–Trinajstić information content (AvgIpc) is 2.85. The Balaban J connectivity index is 0.00000180. The second-order valence-corrected chi connectivity index (χ2v) is 6.74. The van der Waals surface area contributed by atoms with Crippen molar-refractivity contribution in [1.82, 2.24) is 10.6 Å². The van der Waals surface area contributed by atoms with Gasteiger partial charge in [0.15, 0.2) is 0 Å². The molecule has 1 aliphatic heterocycles. The van der Waals surface area contributed by atoms with Crippen molar-refractivity contribution in [1.29, 1.82) is 0 Å². The molecule has 0 radical (unpaired) electrons. The maximum Gasteiger partial charge on any atom is 0.233 e. The molecule has 1 saturated heterocycles. The zero-order valence-electron chi connectivity index (χ0n) is 10.7. The van der Waals surface area contributed by atoms with Crippen LogP contribution >= 0.6 is 40.1 Å². The SMILES string of the molecule is CC(Sc1ccc(Br)cc1)C(=O)NC1CCNC1.Cl. The van der Waals surface area contributed by atoms with Crippen LogP contribution in [0.4, 0.5) is 0 Å². The van der Waals surface area contributed by atoms with Gasteiger partial charge < -0.3 is 10.6 Å². The first kappa shape index (κ1) is 16.8. The van der Waals surface area contributed by atoms with Crippen molar-refractivity contribution in [2.24, 2.45) is 0 Å². The van der Waals surface area contributed by atoms with Crippen LogP contribution in [-0.2, 0) is 4.79 Å². The summed E-state index contributed by atoms with van der Waals surface area (Å²) in [6, 6.07) is 8.33. The minimum atomic E-state index is -0.0632. The lowest BCUT2D eigenvalue weighted by atomic mass is 10.2. The molecule has 1 aromatic carbocycles. The molecule has 2 rings (SSSR count). The zero-order chi connectivity index (χ0) is 13.0. The molecular weight excluding hydrogens is 348 g/mol. The Labute approximate surface area is 132 Å². The fourth-order valence-electron chi connectivity index (χ4n) is 1.87. The summed E-state index contributed by atoms with van der Waals surface area (Å²) < 4.78 is 1.06. The van der Waals surface area contributed by atoms with Gasteiger partial charge in [0.25, 0.3) is 0 Å². The maximum absolute atomic E-state index is 12.0. The number of rotatable bonds is 4. The number of carbonyl (C=O) groups excluding carboxylic acids is 1. The van der Waals surface area contributed by atoms with Gasteiger partial charge in [0, 0.05) is 22.0 Å². The van der Waals surface area contributed by atoms with Gasteiger partial charge in [0.1, 0.15) is 0 Å². The summed E-state index contributed by atoms with van der Waals surface area (Å²) in [5.74, 6) is 0.122. The molecule has 1 heterocycles. The van der Waals surface area contributed by atoms with Crippen LogP contribution in [0.3, 0.4) is 0 Å². The number of thioether (sulfide) groups is 1. The lowest BCUT2D eigenvalue weighted by Crippen LogP contribution is -2.40.